The third kappa shape index (κ3) is 3.93. The van der Waals surface area contributed by atoms with Crippen LogP contribution in [0.1, 0.15) is 11.9 Å². The number of anilines is 1. The first-order valence-corrected chi connectivity index (χ1v) is 9.92. The van der Waals surface area contributed by atoms with Crippen molar-refractivity contribution in [2.45, 2.75) is 18.5 Å². The molecule has 0 unspecified atom stereocenters. The van der Waals surface area contributed by atoms with Gasteiger partial charge in [-0.05, 0) is 30.7 Å². The standard InChI is InChI=1S/C16H14N8OS2/c1-2-14-20-21-15(27-14)18-13(25)9-26-16-22-19-12-7-6-11(23-24(12)16)10-5-3-4-8-17-10/h3-8H,2,9H2,1H3,(H,18,21,25). The number of thioether (sulfide) groups is 1. The van der Waals surface area contributed by atoms with Crippen molar-refractivity contribution < 1.29 is 4.79 Å². The highest BCUT2D eigenvalue weighted by Gasteiger charge is 2.13. The van der Waals surface area contributed by atoms with Crippen molar-refractivity contribution in [2.75, 3.05) is 11.1 Å². The second-order valence-corrected chi connectivity index (χ2v) is 7.38. The molecule has 0 atom stereocenters. The molecule has 9 nitrogen and oxygen atoms in total. The number of carbonyl (C=O) groups is 1. The largest absolute Gasteiger partial charge is 0.300 e. The number of amides is 1. The summed E-state index contributed by atoms with van der Waals surface area (Å²) < 4.78 is 1.61. The second-order valence-electron chi connectivity index (χ2n) is 5.38. The Bertz CT molecular complexity index is 1080. The highest BCUT2D eigenvalue weighted by atomic mass is 32.2. The van der Waals surface area contributed by atoms with Gasteiger partial charge in [-0.25, -0.2) is 0 Å². The van der Waals surface area contributed by atoms with Gasteiger partial charge in [-0.15, -0.1) is 20.4 Å². The van der Waals surface area contributed by atoms with E-state index in [9.17, 15) is 4.79 Å². The van der Waals surface area contributed by atoms with Crippen LogP contribution in [0.4, 0.5) is 5.13 Å². The zero-order valence-electron chi connectivity index (χ0n) is 14.2. The Morgan fingerprint density at radius 2 is 2.07 bits per heavy atom. The van der Waals surface area contributed by atoms with E-state index in [0.29, 0.717) is 21.6 Å². The first-order valence-electron chi connectivity index (χ1n) is 8.12. The van der Waals surface area contributed by atoms with Crippen molar-refractivity contribution in [3.63, 3.8) is 0 Å². The molecular formula is C16H14N8OS2. The number of fused-ring (bicyclic) bond motifs is 1. The van der Waals surface area contributed by atoms with E-state index >= 15 is 0 Å². The van der Waals surface area contributed by atoms with E-state index in [1.165, 1.54) is 23.1 Å². The van der Waals surface area contributed by atoms with Gasteiger partial charge in [0.15, 0.2) is 5.65 Å². The fraction of sp³-hybridized carbons (Fsp3) is 0.188. The number of rotatable bonds is 6. The third-order valence-electron chi connectivity index (χ3n) is 3.51. The van der Waals surface area contributed by atoms with Gasteiger partial charge in [0, 0.05) is 6.20 Å². The maximum Gasteiger partial charge on any atom is 0.236 e. The Morgan fingerprint density at radius 1 is 1.15 bits per heavy atom. The van der Waals surface area contributed by atoms with Crippen LogP contribution < -0.4 is 5.32 Å². The summed E-state index contributed by atoms with van der Waals surface area (Å²) in [5.41, 5.74) is 2.06. The molecule has 0 saturated carbocycles. The van der Waals surface area contributed by atoms with Gasteiger partial charge in [0.2, 0.25) is 16.2 Å². The number of hydrogen-bond acceptors (Lipinski definition) is 9. The molecule has 0 fully saturated rings. The Balaban J connectivity index is 1.47. The molecular weight excluding hydrogens is 384 g/mol. The third-order valence-corrected chi connectivity index (χ3v) is 5.41. The van der Waals surface area contributed by atoms with Crippen molar-refractivity contribution in [2.24, 2.45) is 0 Å². The summed E-state index contributed by atoms with van der Waals surface area (Å²) in [4.78, 5) is 16.4. The number of nitrogens with zero attached hydrogens (tertiary/aromatic N) is 7. The fourth-order valence-electron chi connectivity index (χ4n) is 2.24. The zero-order valence-corrected chi connectivity index (χ0v) is 15.9. The number of aryl methyl sites for hydroxylation is 1. The molecule has 1 N–H and O–H groups in total. The van der Waals surface area contributed by atoms with E-state index < -0.39 is 0 Å². The molecule has 1 amide bonds. The SMILES string of the molecule is CCc1nnc(NC(=O)CSc2nnc3ccc(-c4ccccn4)nn23)s1. The van der Waals surface area contributed by atoms with E-state index in [4.69, 9.17) is 0 Å². The molecule has 4 heterocycles. The predicted molar refractivity (Wildman–Crippen MR) is 103 cm³/mol. The minimum Gasteiger partial charge on any atom is -0.300 e. The Labute approximate surface area is 162 Å². The van der Waals surface area contributed by atoms with Crippen LogP contribution in [-0.4, -0.2) is 46.7 Å². The van der Waals surface area contributed by atoms with E-state index in [1.54, 1.807) is 10.7 Å². The quantitative estimate of drug-likeness (QED) is 0.493. The van der Waals surface area contributed by atoms with Gasteiger partial charge < -0.3 is 0 Å². The van der Waals surface area contributed by atoms with Crippen LogP contribution in [-0.2, 0) is 11.2 Å². The van der Waals surface area contributed by atoms with Crippen molar-refractivity contribution in [1.82, 2.24) is 35.0 Å². The van der Waals surface area contributed by atoms with Crippen molar-refractivity contribution in [1.29, 1.82) is 0 Å². The lowest BCUT2D eigenvalue weighted by atomic mass is 10.2. The predicted octanol–water partition coefficient (Wildman–Crippen LogP) is 2.33. The van der Waals surface area contributed by atoms with Crippen LogP contribution in [0.2, 0.25) is 0 Å². The molecule has 4 aromatic heterocycles. The molecule has 0 saturated heterocycles. The summed E-state index contributed by atoms with van der Waals surface area (Å²) in [7, 11) is 0. The van der Waals surface area contributed by atoms with Crippen molar-refractivity contribution >= 4 is 39.8 Å². The highest BCUT2D eigenvalue weighted by molar-refractivity contribution is 7.99. The first kappa shape index (κ1) is 17.5. The summed E-state index contributed by atoms with van der Waals surface area (Å²) in [5, 5.41) is 25.3. The Hall–Kier alpha value is -2.92. The monoisotopic (exact) mass is 398 g/mol. The topological polar surface area (TPSA) is 111 Å². The Morgan fingerprint density at radius 3 is 2.85 bits per heavy atom. The Kier molecular flexibility index (Phi) is 5.03. The normalized spacial score (nSPS) is 11.0. The van der Waals surface area contributed by atoms with E-state index in [0.717, 1.165) is 17.1 Å². The maximum absolute atomic E-state index is 12.1. The summed E-state index contributed by atoms with van der Waals surface area (Å²) in [6, 6.07) is 9.29. The molecule has 4 rings (SSSR count). The van der Waals surface area contributed by atoms with E-state index in [1.807, 2.05) is 37.3 Å². The average molecular weight is 398 g/mol. The smallest absolute Gasteiger partial charge is 0.236 e. The van der Waals surface area contributed by atoms with Crippen LogP contribution in [0.5, 0.6) is 0 Å². The lowest BCUT2D eigenvalue weighted by molar-refractivity contribution is -0.113. The van der Waals surface area contributed by atoms with Gasteiger partial charge in [0.25, 0.3) is 0 Å². The molecule has 0 spiro atoms. The number of aromatic nitrogens is 7. The van der Waals surface area contributed by atoms with Crippen LogP contribution >= 0.6 is 23.1 Å². The first-order chi connectivity index (χ1) is 13.2. The van der Waals surface area contributed by atoms with Gasteiger partial charge in [-0.1, -0.05) is 36.1 Å². The molecule has 0 aliphatic rings. The highest BCUT2D eigenvalue weighted by Crippen LogP contribution is 2.20. The number of nitrogens with one attached hydrogen (secondary N) is 1. The summed E-state index contributed by atoms with van der Waals surface area (Å²) in [5.74, 6) is -0.0198. The van der Waals surface area contributed by atoms with Gasteiger partial charge in [-0.3, -0.25) is 15.1 Å². The second kappa shape index (κ2) is 7.76. The minimum atomic E-state index is -0.184. The van der Waals surface area contributed by atoms with Crippen LogP contribution in [0, 0.1) is 0 Å². The maximum atomic E-state index is 12.1. The van der Waals surface area contributed by atoms with Crippen LogP contribution in [0.15, 0.2) is 41.7 Å². The number of pyridine rings is 1. The molecule has 0 aromatic carbocycles. The molecule has 0 bridgehead atoms. The van der Waals surface area contributed by atoms with Gasteiger partial charge >= 0.3 is 0 Å². The lowest BCUT2D eigenvalue weighted by Crippen LogP contribution is -2.14. The molecule has 136 valence electrons. The number of carbonyl (C=O) groups excluding carboxylic acids is 1. The van der Waals surface area contributed by atoms with E-state index in [2.05, 4.69) is 35.8 Å². The van der Waals surface area contributed by atoms with Gasteiger partial charge in [0.05, 0.1) is 11.4 Å². The summed E-state index contributed by atoms with van der Waals surface area (Å²) in [6.45, 7) is 1.99. The lowest BCUT2D eigenvalue weighted by Gasteiger charge is -2.02. The van der Waals surface area contributed by atoms with Crippen molar-refractivity contribution in [3.05, 3.63) is 41.5 Å². The summed E-state index contributed by atoms with van der Waals surface area (Å²) >= 11 is 2.62. The number of hydrogen-bond donors (Lipinski definition) is 1. The van der Waals surface area contributed by atoms with Crippen LogP contribution in [0.3, 0.4) is 0 Å². The van der Waals surface area contributed by atoms with Gasteiger partial charge in [-0.2, -0.15) is 9.61 Å². The van der Waals surface area contributed by atoms with Crippen LogP contribution in [0.25, 0.3) is 17.0 Å². The minimum absolute atomic E-state index is 0.164. The average Bonchev–Trinajstić information content (AvgIpc) is 3.33. The fourth-order valence-corrected chi connectivity index (χ4v) is 3.63. The molecule has 4 aromatic rings. The molecule has 0 radical (unpaired) electrons. The van der Waals surface area contributed by atoms with Crippen molar-refractivity contribution in [3.8, 4) is 11.4 Å². The molecule has 0 aliphatic carbocycles. The molecule has 0 aliphatic heterocycles. The summed E-state index contributed by atoms with van der Waals surface area (Å²) in [6.07, 6.45) is 2.50. The molecule has 11 heteroatoms. The molecule has 27 heavy (non-hydrogen) atoms. The van der Waals surface area contributed by atoms with E-state index in [-0.39, 0.29) is 11.7 Å². The zero-order chi connectivity index (χ0) is 18.6. The van der Waals surface area contributed by atoms with Gasteiger partial charge in [0.1, 0.15) is 10.7 Å².